The summed E-state index contributed by atoms with van der Waals surface area (Å²) in [5, 5.41) is 3.46. The molecule has 0 saturated heterocycles. The Balaban J connectivity index is 2.83. The Morgan fingerprint density at radius 3 is 2.69 bits per heavy atom. The number of hydrogen-bond acceptors (Lipinski definition) is 2. The van der Waals surface area contributed by atoms with Gasteiger partial charge in [0.05, 0.1) is 10.6 Å². The summed E-state index contributed by atoms with van der Waals surface area (Å²) in [5.41, 5.74) is 6.29. The summed E-state index contributed by atoms with van der Waals surface area (Å²) in [6.07, 6.45) is 1.95. The Morgan fingerprint density at radius 1 is 1.44 bits per heavy atom. The van der Waals surface area contributed by atoms with Crippen LogP contribution in [-0.4, -0.2) is 12.5 Å². The first-order chi connectivity index (χ1) is 7.56. The van der Waals surface area contributed by atoms with Crippen molar-refractivity contribution in [3.8, 4) is 0 Å². The lowest BCUT2D eigenvalue weighted by atomic mass is 10.1. The Bertz CT molecular complexity index is 371. The van der Waals surface area contributed by atoms with Gasteiger partial charge >= 0.3 is 0 Å². The number of halogens is 2. The molecule has 1 amide bonds. The Labute approximate surface area is 105 Å². The maximum absolute atomic E-state index is 11.8. The van der Waals surface area contributed by atoms with E-state index < -0.39 is 0 Å². The third-order valence-electron chi connectivity index (χ3n) is 2.13. The minimum Gasteiger partial charge on any atom is -0.398 e. The van der Waals surface area contributed by atoms with Gasteiger partial charge < -0.3 is 11.1 Å². The first-order valence-electron chi connectivity index (χ1n) is 5.09. The van der Waals surface area contributed by atoms with Gasteiger partial charge in [0.15, 0.2) is 0 Å². The van der Waals surface area contributed by atoms with E-state index in [0.717, 1.165) is 12.8 Å². The van der Waals surface area contributed by atoms with Crippen LogP contribution in [0.25, 0.3) is 0 Å². The van der Waals surface area contributed by atoms with Gasteiger partial charge in [0, 0.05) is 17.3 Å². The highest BCUT2D eigenvalue weighted by Gasteiger charge is 2.14. The van der Waals surface area contributed by atoms with Crippen LogP contribution < -0.4 is 11.1 Å². The molecule has 1 aromatic rings. The summed E-state index contributed by atoms with van der Waals surface area (Å²) >= 11 is 11.7. The molecule has 0 aliphatic carbocycles. The zero-order chi connectivity index (χ0) is 12.1. The van der Waals surface area contributed by atoms with E-state index in [1.165, 1.54) is 12.1 Å². The van der Waals surface area contributed by atoms with Crippen molar-refractivity contribution in [2.45, 2.75) is 19.8 Å². The molecule has 5 heteroatoms. The SMILES string of the molecule is CCCCNC(=O)c1c(N)cc(Cl)cc1Cl. The number of anilines is 1. The van der Waals surface area contributed by atoms with Crippen molar-refractivity contribution in [2.24, 2.45) is 0 Å². The quantitative estimate of drug-likeness (QED) is 0.646. The number of benzene rings is 1. The number of unbranched alkanes of at least 4 members (excludes halogenated alkanes) is 1. The molecule has 0 saturated carbocycles. The number of hydrogen-bond donors (Lipinski definition) is 2. The van der Waals surface area contributed by atoms with Crippen LogP contribution >= 0.6 is 23.2 Å². The van der Waals surface area contributed by atoms with E-state index in [1.807, 2.05) is 0 Å². The molecule has 0 aromatic heterocycles. The minimum absolute atomic E-state index is 0.257. The van der Waals surface area contributed by atoms with Gasteiger partial charge in [0.25, 0.3) is 5.91 Å². The van der Waals surface area contributed by atoms with Crippen LogP contribution in [0.1, 0.15) is 30.1 Å². The van der Waals surface area contributed by atoms with Gasteiger partial charge in [-0.3, -0.25) is 4.79 Å². The first-order valence-corrected chi connectivity index (χ1v) is 5.84. The standard InChI is InChI=1S/C11H14Cl2N2O/c1-2-3-4-15-11(16)10-8(13)5-7(12)6-9(10)14/h5-6H,2-4,14H2,1H3,(H,15,16). The number of nitrogens with two attached hydrogens (primary N) is 1. The zero-order valence-electron chi connectivity index (χ0n) is 9.02. The van der Waals surface area contributed by atoms with Crippen molar-refractivity contribution in [3.05, 3.63) is 27.7 Å². The molecule has 0 bridgehead atoms. The average Bonchev–Trinajstić information content (AvgIpc) is 2.16. The molecule has 0 radical (unpaired) electrons. The van der Waals surface area contributed by atoms with Crippen LogP contribution in [0.15, 0.2) is 12.1 Å². The second kappa shape index (κ2) is 5.97. The fourth-order valence-corrected chi connectivity index (χ4v) is 1.90. The highest BCUT2D eigenvalue weighted by molar-refractivity contribution is 6.37. The fraction of sp³-hybridized carbons (Fsp3) is 0.364. The van der Waals surface area contributed by atoms with Gasteiger partial charge in [-0.1, -0.05) is 36.5 Å². The molecule has 1 rings (SSSR count). The third kappa shape index (κ3) is 3.29. The lowest BCUT2D eigenvalue weighted by molar-refractivity contribution is 0.0954. The molecule has 0 unspecified atom stereocenters. The van der Waals surface area contributed by atoms with E-state index in [0.29, 0.717) is 22.8 Å². The van der Waals surface area contributed by atoms with E-state index in [-0.39, 0.29) is 10.9 Å². The van der Waals surface area contributed by atoms with E-state index >= 15 is 0 Å². The van der Waals surface area contributed by atoms with E-state index in [9.17, 15) is 4.79 Å². The first kappa shape index (κ1) is 13.1. The van der Waals surface area contributed by atoms with Crippen LogP contribution in [0.2, 0.25) is 10.0 Å². The van der Waals surface area contributed by atoms with Gasteiger partial charge in [-0.2, -0.15) is 0 Å². The number of carbonyl (C=O) groups excluding carboxylic acids is 1. The maximum atomic E-state index is 11.8. The number of nitrogens with one attached hydrogen (secondary N) is 1. The van der Waals surface area contributed by atoms with Gasteiger partial charge in [0.1, 0.15) is 0 Å². The molecule has 0 aliphatic heterocycles. The van der Waals surface area contributed by atoms with Crippen LogP contribution in [0.5, 0.6) is 0 Å². The summed E-state index contributed by atoms with van der Waals surface area (Å²) < 4.78 is 0. The number of nitrogen functional groups attached to an aromatic ring is 1. The fourth-order valence-electron chi connectivity index (χ4n) is 1.30. The molecule has 0 heterocycles. The molecule has 0 aliphatic rings. The smallest absolute Gasteiger partial charge is 0.254 e. The Morgan fingerprint density at radius 2 is 2.12 bits per heavy atom. The van der Waals surface area contributed by atoms with Gasteiger partial charge in [-0.25, -0.2) is 0 Å². The Kier molecular flexibility index (Phi) is 4.90. The van der Waals surface area contributed by atoms with E-state index in [1.54, 1.807) is 0 Å². The predicted molar refractivity (Wildman–Crippen MR) is 68.1 cm³/mol. The topological polar surface area (TPSA) is 55.1 Å². The summed E-state index contributed by atoms with van der Waals surface area (Å²) in [6.45, 7) is 2.67. The lowest BCUT2D eigenvalue weighted by Gasteiger charge is -2.09. The molecular formula is C11H14Cl2N2O. The summed E-state index contributed by atoms with van der Waals surface area (Å²) in [5.74, 6) is -0.257. The molecule has 0 atom stereocenters. The minimum atomic E-state index is -0.257. The van der Waals surface area contributed by atoms with Crippen molar-refractivity contribution in [3.63, 3.8) is 0 Å². The van der Waals surface area contributed by atoms with Crippen molar-refractivity contribution in [2.75, 3.05) is 12.3 Å². The predicted octanol–water partition coefficient (Wildman–Crippen LogP) is 3.11. The van der Waals surface area contributed by atoms with Gasteiger partial charge in [-0.15, -0.1) is 0 Å². The molecule has 3 N–H and O–H groups in total. The second-order valence-corrected chi connectivity index (χ2v) is 4.30. The summed E-state index contributed by atoms with van der Waals surface area (Å²) in [4.78, 5) is 11.8. The zero-order valence-corrected chi connectivity index (χ0v) is 10.5. The molecule has 0 fully saturated rings. The Hall–Kier alpha value is -0.930. The number of rotatable bonds is 4. The van der Waals surface area contributed by atoms with Gasteiger partial charge in [0.2, 0.25) is 0 Å². The van der Waals surface area contributed by atoms with Crippen molar-refractivity contribution >= 4 is 34.8 Å². The molecule has 0 spiro atoms. The van der Waals surface area contributed by atoms with Gasteiger partial charge in [-0.05, 0) is 18.6 Å². The highest BCUT2D eigenvalue weighted by atomic mass is 35.5. The van der Waals surface area contributed by atoms with Crippen molar-refractivity contribution in [1.29, 1.82) is 0 Å². The maximum Gasteiger partial charge on any atom is 0.254 e. The van der Waals surface area contributed by atoms with E-state index in [2.05, 4.69) is 12.2 Å². The largest absolute Gasteiger partial charge is 0.398 e. The highest BCUT2D eigenvalue weighted by Crippen LogP contribution is 2.26. The van der Waals surface area contributed by atoms with Crippen LogP contribution in [-0.2, 0) is 0 Å². The van der Waals surface area contributed by atoms with Crippen LogP contribution in [0.4, 0.5) is 5.69 Å². The molecule has 88 valence electrons. The number of carbonyl (C=O) groups is 1. The van der Waals surface area contributed by atoms with E-state index in [4.69, 9.17) is 28.9 Å². The van der Waals surface area contributed by atoms with Crippen LogP contribution in [0.3, 0.4) is 0 Å². The summed E-state index contributed by atoms with van der Waals surface area (Å²) in [7, 11) is 0. The second-order valence-electron chi connectivity index (χ2n) is 3.46. The molecule has 16 heavy (non-hydrogen) atoms. The van der Waals surface area contributed by atoms with Crippen molar-refractivity contribution < 1.29 is 4.79 Å². The molecule has 3 nitrogen and oxygen atoms in total. The normalized spacial score (nSPS) is 10.2. The van der Waals surface area contributed by atoms with Crippen molar-refractivity contribution in [1.82, 2.24) is 5.32 Å². The van der Waals surface area contributed by atoms with Crippen LogP contribution in [0, 0.1) is 0 Å². The molecule has 1 aromatic carbocycles. The summed E-state index contributed by atoms with van der Waals surface area (Å²) in [6, 6.07) is 3.02. The average molecular weight is 261 g/mol. The third-order valence-corrected chi connectivity index (χ3v) is 2.64. The number of amides is 1. The lowest BCUT2D eigenvalue weighted by Crippen LogP contribution is -2.25. The monoisotopic (exact) mass is 260 g/mol. The molecular weight excluding hydrogens is 247 g/mol.